The summed E-state index contributed by atoms with van der Waals surface area (Å²) in [6, 6.07) is 3.00. The van der Waals surface area contributed by atoms with Crippen molar-refractivity contribution >= 4 is 11.8 Å². The third kappa shape index (κ3) is 4.52. The van der Waals surface area contributed by atoms with Gasteiger partial charge in [0.05, 0.1) is 16.8 Å². The van der Waals surface area contributed by atoms with Gasteiger partial charge < -0.3 is 14.4 Å². The van der Waals surface area contributed by atoms with E-state index in [4.69, 9.17) is 0 Å². The van der Waals surface area contributed by atoms with Gasteiger partial charge >= 0.3 is 0 Å². The fourth-order valence-corrected chi connectivity index (χ4v) is 4.43. The Balaban J connectivity index is 1.48. The second-order valence-electron chi connectivity index (χ2n) is 8.54. The molecule has 4 heterocycles. The summed E-state index contributed by atoms with van der Waals surface area (Å²) < 4.78 is 1.42. The maximum absolute atomic E-state index is 12.9. The number of hydrogen-bond acceptors (Lipinski definition) is 5. The highest BCUT2D eigenvalue weighted by molar-refractivity contribution is 5.95. The molecule has 4 rings (SSSR count). The second kappa shape index (κ2) is 8.99. The number of carbonyl (C=O) groups excluding carboxylic acids is 2. The average Bonchev–Trinajstić information content (AvgIpc) is 2.80. The van der Waals surface area contributed by atoms with Gasteiger partial charge in [-0.15, -0.1) is 0 Å². The standard InChI is InChI=1S/C23H29N5O3/c1-16-19(23(31)27-10-4-3-5-11-27)13-24-21(25-16)17-7-6-12-28(15-17)22(30)18-8-9-20(29)26(2)14-18/h8-9,13-14,17H,3-7,10-12,15H2,1-2H3/t17-/m0/s1. The molecule has 2 aliphatic heterocycles. The lowest BCUT2D eigenvalue weighted by Crippen LogP contribution is -2.40. The molecule has 0 radical (unpaired) electrons. The molecule has 2 saturated heterocycles. The third-order valence-electron chi connectivity index (χ3n) is 6.28. The maximum atomic E-state index is 12.9. The van der Waals surface area contributed by atoms with Crippen molar-refractivity contribution in [2.75, 3.05) is 26.2 Å². The summed E-state index contributed by atoms with van der Waals surface area (Å²) in [5.41, 5.74) is 1.63. The Bertz CT molecular complexity index is 1040. The fourth-order valence-electron chi connectivity index (χ4n) is 4.43. The molecule has 0 aromatic carbocycles. The molecule has 0 unspecified atom stereocenters. The molecule has 8 heteroatoms. The van der Waals surface area contributed by atoms with Gasteiger partial charge in [0.15, 0.2) is 0 Å². The van der Waals surface area contributed by atoms with E-state index in [1.165, 1.54) is 17.1 Å². The van der Waals surface area contributed by atoms with Gasteiger partial charge in [-0.2, -0.15) is 0 Å². The van der Waals surface area contributed by atoms with Gasteiger partial charge in [0.2, 0.25) is 5.56 Å². The van der Waals surface area contributed by atoms with Gasteiger partial charge in [-0.25, -0.2) is 9.97 Å². The van der Waals surface area contributed by atoms with Crippen LogP contribution in [-0.4, -0.2) is 62.3 Å². The van der Waals surface area contributed by atoms with Crippen LogP contribution in [0.5, 0.6) is 0 Å². The molecule has 2 aromatic rings. The van der Waals surface area contributed by atoms with E-state index in [0.717, 1.165) is 38.8 Å². The Labute approximate surface area is 181 Å². The number of carbonyl (C=O) groups is 2. The Morgan fingerprint density at radius 2 is 1.74 bits per heavy atom. The number of aryl methyl sites for hydroxylation is 2. The summed E-state index contributed by atoms with van der Waals surface area (Å²) >= 11 is 0. The molecule has 0 N–H and O–H groups in total. The van der Waals surface area contributed by atoms with Gasteiger partial charge in [0, 0.05) is 57.6 Å². The lowest BCUT2D eigenvalue weighted by Gasteiger charge is -2.32. The minimum absolute atomic E-state index is 0.0129. The van der Waals surface area contributed by atoms with E-state index in [1.54, 1.807) is 30.4 Å². The van der Waals surface area contributed by atoms with E-state index in [9.17, 15) is 14.4 Å². The SMILES string of the molecule is Cc1nc([C@H]2CCCN(C(=O)c3ccc(=O)n(C)c3)C2)ncc1C(=O)N1CCCCC1. The predicted octanol–water partition coefficient (Wildman–Crippen LogP) is 2.13. The minimum Gasteiger partial charge on any atom is -0.339 e. The highest BCUT2D eigenvalue weighted by Crippen LogP contribution is 2.26. The Hall–Kier alpha value is -3.03. The first kappa shape index (κ1) is 21.2. The number of nitrogens with zero attached hydrogens (tertiary/aromatic N) is 5. The van der Waals surface area contributed by atoms with Gasteiger partial charge in [-0.05, 0) is 45.1 Å². The van der Waals surface area contributed by atoms with Crippen molar-refractivity contribution < 1.29 is 9.59 Å². The van der Waals surface area contributed by atoms with Gasteiger partial charge in [-0.1, -0.05) is 0 Å². The van der Waals surface area contributed by atoms with Crippen molar-refractivity contribution in [3.05, 3.63) is 57.5 Å². The predicted molar refractivity (Wildman–Crippen MR) is 116 cm³/mol. The van der Waals surface area contributed by atoms with Crippen LogP contribution in [-0.2, 0) is 7.05 Å². The fraction of sp³-hybridized carbons (Fsp3) is 0.522. The van der Waals surface area contributed by atoms with E-state index in [-0.39, 0.29) is 23.3 Å². The zero-order chi connectivity index (χ0) is 22.0. The lowest BCUT2D eigenvalue weighted by atomic mass is 9.96. The number of amides is 2. The number of likely N-dealkylation sites (tertiary alicyclic amines) is 2. The molecule has 0 saturated carbocycles. The van der Waals surface area contributed by atoms with Crippen LogP contribution in [0.4, 0.5) is 0 Å². The lowest BCUT2D eigenvalue weighted by molar-refractivity contribution is 0.0703. The first-order valence-corrected chi connectivity index (χ1v) is 11.0. The number of aromatic nitrogens is 3. The van der Waals surface area contributed by atoms with Crippen LogP contribution < -0.4 is 5.56 Å². The van der Waals surface area contributed by atoms with Crippen LogP contribution in [0.3, 0.4) is 0 Å². The van der Waals surface area contributed by atoms with Crippen LogP contribution >= 0.6 is 0 Å². The molecule has 0 aliphatic carbocycles. The highest BCUT2D eigenvalue weighted by Gasteiger charge is 2.28. The third-order valence-corrected chi connectivity index (χ3v) is 6.28. The molecule has 2 aromatic heterocycles. The van der Waals surface area contributed by atoms with Crippen molar-refractivity contribution in [2.45, 2.75) is 44.9 Å². The molecule has 8 nitrogen and oxygen atoms in total. The van der Waals surface area contributed by atoms with Crippen LogP contribution in [0.2, 0.25) is 0 Å². The molecule has 0 bridgehead atoms. The summed E-state index contributed by atoms with van der Waals surface area (Å²) in [4.78, 5) is 50.3. The Morgan fingerprint density at radius 3 is 2.45 bits per heavy atom. The number of piperidine rings is 2. The largest absolute Gasteiger partial charge is 0.339 e. The van der Waals surface area contributed by atoms with Crippen LogP contribution in [0.25, 0.3) is 0 Å². The van der Waals surface area contributed by atoms with E-state index in [0.29, 0.717) is 35.7 Å². The van der Waals surface area contributed by atoms with Crippen LogP contribution in [0, 0.1) is 6.92 Å². The molecule has 2 aliphatic rings. The quantitative estimate of drug-likeness (QED) is 0.755. The van der Waals surface area contributed by atoms with Crippen molar-refractivity contribution in [3.8, 4) is 0 Å². The van der Waals surface area contributed by atoms with Crippen LogP contribution in [0.15, 0.2) is 29.3 Å². The van der Waals surface area contributed by atoms with Crippen LogP contribution in [0.1, 0.15) is 70.3 Å². The molecule has 0 spiro atoms. The summed E-state index contributed by atoms with van der Waals surface area (Å²) in [5.74, 6) is 0.640. The Morgan fingerprint density at radius 1 is 1.00 bits per heavy atom. The molecular weight excluding hydrogens is 394 g/mol. The average molecular weight is 424 g/mol. The topological polar surface area (TPSA) is 88.4 Å². The number of pyridine rings is 1. The maximum Gasteiger partial charge on any atom is 0.257 e. The van der Waals surface area contributed by atoms with Crippen molar-refractivity contribution in [1.29, 1.82) is 0 Å². The number of rotatable bonds is 3. The summed E-state index contributed by atoms with van der Waals surface area (Å²) in [6.07, 6.45) is 8.26. The minimum atomic E-state index is -0.142. The highest BCUT2D eigenvalue weighted by atomic mass is 16.2. The van der Waals surface area contributed by atoms with Gasteiger partial charge in [0.25, 0.3) is 11.8 Å². The van der Waals surface area contributed by atoms with E-state index in [2.05, 4.69) is 9.97 Å². The zero-order valence-electron chi connectivity index (χ0n) is 18.2. The molecule has 2 fully saturated rings. The summed E-state index contributed by atoms with van der Waals surface area (Å²) in [6.45, 7) is 4.65. The van der Waals surface area contributed by atoms with E-state index < -0.39 is 0 Å². The number of hydrogen-bond donors (Lipinski definition) is 0. The first-order valence-electron chi connectivity index (χ1n) is 11.0. The monoisotopic (exact) mass is 423 g/mol. The zero-order valence-corrected chi connectivity index (χ0v) is 18.2. The Kier molecular flexibility index (Phi) is 6.15. The first-order chi connectivity index (χ1) is 14.9. The molecular formula is C23H29N5O3. The van der Waals surface area contributed by atoms with Gasteiger partial charge in [0.1, 0.15) is 5.82 Å². The molecule has 1 atom stereocenters. The van der Waals surface area contributed by atoms with E-state index >= 15 is 0 Å². The molecule has 31 heavy (non-hydrogen) atoms. The summed E-state index contributed by atoms with van der Waals surface area (Å²) in [7, 11) is 1.64. The van der Waals surface area contributed by atoms with Crippen molar-refractivity contribution in [3.63, 3.8) is 0 Å². The van der Waals surface area contributed by atoms with Crippen molar-refractivity contribution in [1.82, 2.24) is 24.3 Å². The van der Waals surface area contributed by atoms with Gasteiger partial charge in [-0.3, -0.25) is 14.4 Å². The molecule has 2 amide bonds. The van der Waals surface area contributed by atoms with E-state index in [1.807, 2.05) is 11.8 Å². The van der Waals surface area contributed by atoms with Crippen molar-refractivity contribution in [2.24, 2.45) is 7.05 Å². The summed E-state index contributed by atoms with van der Waals surface area (Å²) in [5, 5.41) is 0. The molecule has 164 valence electrons. The normalized spacial score (nSPS) is 19.4. The second-order valence-corrected chi connectivity index (χ2v) is 8.54. The smallest absolute Gasteiger partial charge is 0.257 e.